The number of halogens is 1. The number of aliphatic hydroxyl groups excluding tert-OH is 5. The van der Waals surface area contributed by atoms with E-state index in [1.165, 1.54) is 22.5 Å². The second-order valence-electron chi connectivity index (χ2n) is 13.3. The number of nitrogens with zero attached hydrogens (tertiary/aromatic N) is 2. The average molecular weight is 744 g/mol. The second kappa shape index (κ2) is 15.7. The largest absolute Gasteiger partial charge is 0.490 e. The third kappa shape index (κ3) is 8.62. The first-order valence-electron chi connectivity index (χ1n) is 16.8. The predicted octanol–water partition coefficient (Wildman–Crippen LogP) is 1.88. The molecule has 1 aliphatic heterocycles. The Balaban J connectivity index is 1.05. The van der Waals surface area contributed by atoms with Crippen LogP contribution in [0.25, 0.3) is 11.1 Å². The molecule has 3 aliphatic rings. The fourth-order valence-corrected chi connectivity index (χ4v) is 7.68. The summed E-state index contributed by atoms with van der Waals surface area (Å²) in [6.45, 7) is -0.869. The van der Waals surface area contributed by atoms with Crippen molar-refractivity contribution in [3.8, 4) is 16.9 Å². The highest BCUT2D eigenvalue weighted by atomic mass is 35.5. The molecule has 1 amide bonds. The Labute approximate surface area is 301 Å². The van der Waals surface area contributed by atoms with Gasteiger partial charge in [-0.1, -0.05) is 35.9 Å². The van der Waals surface area contributed by atoms with Gasteiger partial charge in [0.1, 0.15) is 24.1 Å². The number of aliphatic hydroxyl groups is 5. The van der Waals surface area contributed by atoms with Crippen molar-refractivity contribution in [3.63, 3.8) is 0 Å². The van der Waals surface area contributed by atoms with Crippen LogP contribution in [0.4, 0.5) is 0 Å². The van der Waals surface area contributed by atoms with Gasteiger partial charge in [-0.2, -0.15) is 4.31 Å². The van der Waals surface area contributed by atoms with Crippen molar-refractivity contribution >= 4 is 27.5 Å². The smallest absolute Gasteiger partial charge is 0.243 e. The molecular formula is C36H42ClN3O10S. The quantitative estimate of drug-likeness (QED) is 0.110. The van der Waals surface area contributed by atoms with Crippen LogP contribution >= 0.6 is 11.6 Å². The molecule has 2 aliphatic carbocycles. The lowest BCUT2D eigenvalue weighted by atomic mass is 9.96. The normalized spacial score (nSPS) is 20.0. The highest BCUT2D eigenvalue weighted by Gasteiger charge is 2.48. The highest BCUT2D eigenvalue weighted by Crippen LogP contribution is 2.53. The summed E-state index contributed by atoms with van der Waals surface area (Å²) in [7, 11) is -3.87. The minimum absolute atomic E-state index is 0.0739. The molecule has 1 aromatic heterocycles. The van der Waals surface area contributed by atoms with Crippen LogP contribution in [0, 0.1) is 5.92 Å². The minimum Gasteiger partial charge on any atom is -0.490 e. The van der Waals surface area contributed by atoms with Gasteiger partial charge < -0.3 is 40.3 Å². The molecule has 1 saturated heterocycles. The van der Waals surface area contributed by atoms with E-state index in [4.69, 9.17) is 26.2 Å². The van der Waals surface area contributed by atoms with E-state index >= 15 is 0 Å². The van der Waals surface area contributed by atoms with Crippen LogP contribution in [0.1, 0.15) is 36.8 Å². The molecule has 4 atom stereocenters. The first kappa shape index (κ1) is 37.3. The van der Waals surface area contributed by atoms with Crippen LogP contribution in [0.15, 0.2) is 78.0 Å². The van der Waals surface area contributed by atoms with Crippen LogP contribution in [-0.2, 0) is 31.8 Å². The summed E-state index contributed by atoms with van der Waals surface area (Å²) in [5, 5.41) is 50.6. The lowest BCUT2D eigenvalue weighted by Crippen LogP contribution is -2.50. The molecule has 274 valence electrons. The van der Waals surface area contributed by atoms with Gasteiger partial charge in [0, 0.05) is 54.1 Å². The number of aromatic nitrogens is 1. The van der Waals surface area contributed by atoms with Crippen molar-refractivity contribution in [1.29, 1.82) is 0 Å². The molecule has 0 radical (unpaired) electrons. The number of para-hydroxylation sites is 1. The highest BCUT2D eigenvalue weighted by molar-refractivity contribution is 7.89. The molecule has 6 rings (SSSR count). The molecule has 0 spiro atoms. The molecule has 6 N–H and O–H groups in total. The van der Waals surface area contributed by atoms with Crippen molar-refractivity contribution in [1.82, 2.24) is 14.6 Å². The molecule has 2 heterocycles. The fraction of sp³-hybridized carbons (Fsp3) is 0.444. The molecule has 3 aromatic rings. The van der Waals surface area contributed by atoms with E-state index in [0.29, 0.717) is 10.6 Å². The Morgan fingerprint density at radius 3 is 2.47 bits per heavy atom. The van der Waals surface area contributed by atoms with Crippen molar-refractivity contribution in [2.75, 3.05) is 26.2 Å². The van der Waals surface area contributed by atoms with E-state index in [0.717, 1.165) is 48.1 Å². The molecule has 13 nitrogen and oxygen atoms in total. The third-order valence-corrected chi connectivity index (χ3v) is 11.6. The lowest BCUT2D eigenvalue weighted by molar-refractivity contribution is -0.122. The van der Waals surface area contributed by atoms with Gasteiger partial charge in [-0.3, -0.25) is 9.78 Å². The Kier molecular flexibility index (Phi) is 11.5. The van der Waals surface area contributed by atoms with Gasteiger partial charge in [-0.15, -0.1) is 0 Å². The maximum atomic E-state index is 13.5. The number of carbonyl (C=O) groups is 1. The topological polar surface area (TPSA) is 199 Å². The SMILES string of the molecule is O=C(/C=C/C1CN(S(=O)(=O)c2ccc(Cl)c(COC3(c4cnccc4-c4ccccc4OC4CC4)CC3)c2)C1)NCC(O)C(O)C(O)C(O)CO. The van der Waals surface area contributed by atoms with Crippen molar-refractivity contribution in [2.45, 2.75) is 73.3 Å². The molecule has 51 heavy (non-hydrogen) atoms. The number of carbonyl (C=O) groups excluding carboxylic acids is 1. The fourth-order valence-electron chi connectivity index (χ4n) is 5.90. The summed E-state index contributed by atoms with van der Waals surface area (Å²) in [5.41, 5.74) is 2.82. The van der Waals surface area contributed by atoms with Crippen molar-refractivity contribution in [2.24, 2.45) is 5.92 Å². The second-order valence-corrected chi connectivity index (χ2v) is 15.6. The monoisotopic (exact) mass is 743 g/mol. The molecule has 0 bridgehead atoms. The molecule has 2 aromatic carbocycles. The number of ether oxygens (including phenoxy) is 2. The minimum atomic E-state index is -3.87. The van der Waals surface area contributed by atoms with Gasteiger partial charge in [-0.25, -0.2) is 8.42 Å². The number of pyridine rings is 1. The summed E-state index contributed by atoms with van der Waals surface area (Å²) in [6.07, 6.45) is 3.33. The van der Waals surface area contributed by atoms with Crippen LogP contribution < -0.4 is 10.1 Å². The maximum absolute atomic E-state index is 13.5. The number of rotatable bonds is 17. The Morgan fingerprint density at radius 1 is 1.04 bits per heavy atom. The summed E-state index contributed by atoms with van der Waals surface area (Å²) >= 11 is 6.54. The van der Waals surface area contributed by atoms with Gasteiger partial charge in [-0.05, 0) is 73.2 Å². The number of benzene rings is 2. The van der Waals surface area contributed by atoms with Crippen LogP contribution in [0.5, 0.6) is 5.75 Å². The predicted molar refractivity (Wildman–Crippen MR) is 186 cm³/mol. The van der Waals surface area contributed by atoms with Crippen LogP contribution in [0.3, 0.4) is 0 Å². The summed E-state index contributed by atoms with van der Waals surface area (Å²) < 4.78 is 41.0. The Bertz CT molecular complexity index is 1850. The van der Waals surface area contributed by atoms with E-state index in [1.807, 2.05) is 36.5 Å². The van der Waals surface area contributed by atoms with E-state index in [1.54, 1.807) is 18.3 Å². The number of sulfonamides is 1. The van der Waals surface area contributed by atoms with E-state index < -0.39 is 59.1 Å². The Morgan fingerprint density at radius 2 is 1.76 bits per heavy atom. The van der Waals surface area contributed by atoms with E-state index in [2.05, 4.69) is 10.3 Å². The Hall–Kier alpha value is -3.44. The van der Waals surface area contributed by atoms with Gasteiger partial charge in [0.25, 0.3) is 0 Å². The van der Waals surface area contributed by atoms with Gasteiger partial charge >= 0.3 is 0 Å². The van der Waals surface area contributed by atoms with E-state index in [9.17, 15) is 33.6 Å². The van der Waals surface area contributed by atoms with Crippen molar-refractivity contribution in [3.05, 3.63) is 89.2 Å². The van der Waals surface area contributed by atoms with Gasteiger partial charge in [0.15, 0.2) is 0 Å². The van der Waals surface area contributed by atoms with Crippen molar-refractivity contribution < 1.29 is 48.2 Å². The first-order chi connectivity index (χ1) is 24.4. The molecular weight excluding hydrogens is 702 g/mol. The number of hydrogen-bond donors (Lipinski definition) is 6. The van der Waals surface area contributed by atoms with Gasteiger partial charge in [0.2, 0.25) is 15.9 Å². The average Bonchev–Trinajstić information content (AvgIpc) is 4.06. The molecule has 3 fully saturated rings. The summed E-state index contributed by atoms with van der Waals surface area (Å²) in [4.78, 5) is 16.7. The molecule has 15 heteroatoms. The lowest BCUT2D eigenvalue weighted by Gasteiger charge is -2.36. The number of hydrogen-bond acceptors (Lipinski definition) is 11. The summed E-state index contributed by atoms with van der Waals surface area (Å²) in [6, 6.07) is 14.4. The zero-order valence-corrected chi connectivity index (χ0v) is 29.3. The third-order valence-electron chi connectivity index (χ3n) is 9.38. The van der Waals surface area contributed by atoms with Crippen LogP contribution in [0.2, 0.25) is 5.02 Å². The zero-order chi connectivity index (χ0) is 36.3. The van der Waals surface area contributed by atoms with E-state index in [-0.39, 0.29) is 36.6 Å². The van der Waals surface area contributed by atoms with Gasteiger partial charge in [0.05, 0.1) is 35.9 Å². The standard InChI is InChI=1S/C36H42ClN3O10S/c37-29-9-8-25(51(47,48)40-18-22(19-40)5-10-33(44)39-17-30(42)34(45)35(46)31(43)20-41)15-23(29)21-49-36(12-13-36)28-16-38-14-11-26(28)27-3-1-2-4-32(27)50-24-6-7-24/h1-5,8-11,14-16,22,24,30-31,34-35,41-43,45-46H,6-7,12-13,17-21H2,(H,39,44)/b10-5+. The number of nitrogens with one attached hydrogen (secondary N) is 1. The number of amides is 1. The van der Waals surface area contributed by atoms with Crippen LogP contribution in [-0.4, -0.2) is 106 Å². The zero-order valence-electron chi connectivity index (χ0n) is 27.7. The summed E-state index contributed by atoms with van der Waals surface area (Å²) in [5.74, 6) is -0.0210. The first-order valence-corrected chi connectivity index (χ1v) is 18.7. The maximum Gasteiger partial charge on any atom is 0.243 e. The molecule has 4 unspecified atom stereocenters. The molecule has 2 saturated carbocycles.